The number of amides is 2. The van der Waals surface area contributed by atoms with E-state index in [9.17, 15) is 57.9 Å². The van der Waals surface area contributed by atoms with Crippen LogP contribution >= 0.6 is 35.2 Å². The first-order valence-corrected chi connectivity index (χ1v) is 21.0. The number of fused-ring (bicyclic) bond motifs is 1. The maximum Gasteiger partial charge on any atom is 0.481 e. The van der Waals surface area contributed by atoms with E-state index in [1.807, 2.05) is 0 Å². The van der Waals surface area contributed by atoms with Crippen LogP contribution in [0, 0.1) is 17.8 Å². The summed E-state index contributed by atoms with van der Waals surface area (Å²) in [4.78, 5) is 95.1. The number of terminal acetylenes is 1. The maximum absolute atomic E-state index is 12.6. The Hall–Kier alpha value is -3.41. The molecular weight excluding hydrogens is 839 g/mol. The first-order valence-electron chi connectivity index (χ1n) is 15.5. The van der Waals surface area contributed by atoms with Crippen molar-refractivity contribution in [1.29, 1.82) is 0 Å². The summed E-state index contributed by atoms with van der Waals surface area (Å²) in [7, 11) is -16.4. The van der Waals surface area contributed by atoms with Crippen LogP contribution in [0.2, 0.25) is 0 Å². The van der Waals surface area contributed by atoms with Gasteiger partial charge < -0.3 is 56.0 Å². The number of carbonyl (C=O) groups is 4. The molecule has 56 heavy (non-hydrogen) atoms. The lowest BCUT2D eigenvalue weighted by molar-refractivity contribution is -0.137. The minimum Gasteiger partial charge on any atom is -0.472 e. The van der Waals surface area contributed by atoms with Crippen molar-refractivity contribution >= 4 is 75.1 Å². The number of rotatable bonds is 19. The van der Waals surface area contributed by atoms with Crippen LogP contribution in [0.1, 0.15) is 33.4 Å². The molecule has 2 unspecified atom stereocenters. The molecule has 1 saturated heterocycles. The van der Waals surface area contributed by atoms with Crippen molar-refractivity contribution < 1.29 is 90.4 Å². The summed E-state index contributed by atoms with van der Waals surface area (Å²) >= 11 is 1.03. The SMILES string of the molecule is C#CC(=O)O.CC(=O)SCCNC(=O)CCNC(=O)[C@H](O)C(C)(C)COP(=O)(O)OP(=O)(O)OC[C@H]1O[C@@H](n2cnc3c(N)ncnc32)[C@H](O)[C@@H]1OP(=O)(O)O. The Kier molecular flexibility index (Phi) is 18.1. The predicted octanol–water partition coefficient (Wildman–Crippen LogP) is -1.61. The summed E-state index contributed by atoms with van der Waals surface area (Å²) in [5.41, 5.74) is 4.26. The molecule has 7 atom stereocenters. The summed E-state index contributed by atoms with van der Waals surface area (Å²) < 4.78 is 61.8. The van der Waals surface area contributed by atoms with Gasteiger partial charge in [0.15, 0.2) is 22.8 Å². The third-order valence-electron chi connectivity index (χ3n) is 6.93. The fourth-order valence-electron chi connectivity index (χ4n) is 4.32. The van der Waals surface area contributed by atoms with Gasteiger partial charge in [-0.3, -0.25) is 32.5 Å². The Labute approximate surface area is 321 Å². The van der Waals surface area contributed by atoms with Gasteiger partial charge in [0.2, 0.25) is 11.8 Å². The van der Waals surface area contributed by atoms with Crippen molar-refractivity contribution in [2.24, 2.45) is 5.41 Å². The van der Waals surface area contributed by atoms with Crippen LogP contribution in [0.25, 0.3) is 11.2 Å². The second-order valence-corrected chi connectivity index (χ2v) is 17.4. The Morgan fingerprint density at radius 3 is 2.30 bits per heavy atom. The summed E-state index contributed by atoms with van der Waals surface area (Å²) in [5.74, 6) is -0.858. The number of carbonyl (C=O) groups excluding carboxylic acids is 3. The number of aliphatic hydroxyl groups excluding tert-OH is 2. The topological polar surface area (TPSA) is 401 Å². The van der Waals surface area contributed by atoms with E-state index in [1.54, 1.807) is 0 Å². The number of aromatic nitrogens is 4. The van der Waals surface area contributed by atoms with E-state index in [2.05, 4.69) is 40.8 Å². The van der Waals surface area contributed by atoms with E-state index >= 15 is 0 Å². The monoisotopic (exact) mass is 879 g/mol. The van der Waals surface area contributed by atoms with Crippen molar-refractivity contribution in [2.75, 3.05) is 37.8 Å². The standard InChI is InChI=1S/C23H38N7O17P3S.C3H2O2/c1-12(31)51-7-6-25-14(32)4-5-26-21(35)18(34)23(2,3)9-44-50(41,42)47-49(39,40)43-8-13-17(46-48(36,37)38)16(33)22(45-13)30-11-29-15-19(24)27-10-28-20(15)30;1-2-3(4)5/h10-11,13,16-18,22,33-34H,4-9H2,1-3H3,(H,25,32)(H,26,35)(H,39,40)(H,41,42)(H2,24,27,28)(H2,36,37,38);1H,(H,4,5)/t13-,16-,17-,18+,22-;/m1./s1. The number of ether oxygens (including phenoxy) is 1. The van der Waals surface area contributed by atoms with Crippen LogP contribution in [0.5, 0.6) is 0 Å². The first-order chi connectivity index (χ1) is 25.8. The minimum atomic E-state index is -5.56. The Balaban J connectivity index is 0.00000203. The molecule has 2 aromatic heterocycles. The highest BCUT2D eigenvalue weighted by molar-refractivity contribution is 8.13. The Morgan fingerprint density at radius 2 is 1.71 bits per heavy atom. The lowest BCUT2D eigenvalue weighted by Crippen LogP contribution is -2.46. The molecule has 1 aliphatic rings. The molecule has 2 aromatic rings. The lowest BCUT2D eigenvalue weighted by atomic mass is 9.87. The quantitative estimate of drug-likeness (QED) is 0.0431. The zero-order valence-corrected chi connectivity index (χ0v) is 33.0. The summed E-state index contributed by atoms with van der Waals surface area (Å²) in [5, 5.41) is 33.5. The zero-order valence-electron chi connectivity index (χ0n) is 29.5. The van der Waals surface area contributed by atoms with Gasteiger partial charge in [0.1, 0.15) is 36.3 Å². The highest BCUT2D eigenvalue weighted by Crippen LogP contribution is 2.61. The van der Waals surface area contributed by atoms with Gasteiger partial charge in [0.05, 0.1) is 19.5 Å². The highest BCUT2D eigenvalue weighted by atomic mass is 32.2. The molecule has 0 spiro atoms. The summed E-state index contributed by atoms with van der Waals surface area (Å²) in [6.07, 6.45) is -2.56. The zero-order chi connectivity index (χ0) is 42.6. The maximum atomic E-state index is 12.6. The molecule has 26 nitrogen and oxygen atoms in total. The van der Waals surface area contributed by atoms with E-state index in [4.69, 9.17) is 29.4 Å². The molecular formula is C26H40N7O19P3S. The number of nitrogens with two attached hydrogens (primary N) is 1. The van der Waals surface area contributed by atoms with Gasteiger partial charge in [-0.2, -0.15) is 4.31 Å². The van der Waals surface area contributed by atoms with E-state index in [1.165, 1.54) is 26.7 Å². The molecule has 3 heterocycles. The summed E-state index contributed by atoms with van der Waals surface area (Å²) in [6.45, 7) is 1.90. The number of aliphatic hydroxyl groups is 2. The second-order valence-electron chi connectivity index (χ2n) is 11.9. The number of carboxylic acid groups (broad SMARTS) is 1. The van der Waals surface area contributed by atoms with Crippen molar-refractivity contribution in [3.63, 3.8) is 0 Å². The van der Waals surface area contributed by atoms with E-state index < -0.39 is 90.5 Å². The number of aliphatic carboxylic acids is 1. The van der Waals surface area contributed by atoms with Crippen LogP contribution in [0.4, 0.5) is 5.82 Å². The lowest BCUT2D eigenvalue weighted by Gasteiger charge is -2.30. The van der Waals surface area contributed by atoms with Crippen molar-refractivity contribution in [3.05, 3.63) is 12.7 Å². The second kappa shape index (κ2) is 20.8. The van der Waals surface area contributed by atoms with Gasteiger partial charge in [-0.15, -0.1) is 6.42 Å². The molecule has 1 fully saturated rings. The molecule has 30 heteroatoms. The van der Waals surface area contributed by atoms with E-state index in [0.717, 1.165) is 29.0 Å². The Morgan fingerprint density at radius 1 is 1.09 bits per heavy atom. The van der Waals surface area contributed by atoms with Crippen LogP contribution in [0.3, 0.4) is 0 Å². The third kappa shape index (κ3) is 15.9. The van der Waals surface area contributed by atoms with Gasteiger partial charge in [-0.05, 0) is 0 Å². The molecule has 0 saturated carbocycles. The van der Waals surface area contributed by atoms with Crippen molar-refractivity contribution in [1.82, 2.24) is 30.2 Å². The number of phosphoric acid groups is 3. The van der Waals surface area contributed by atoms with Crippen LogP contribution in [-0.2, 0) is 55.5 Å². The molecule has 0 bridgehead atoms. The van der Waals surface area contributed by atoms with Gasteiger partial charge in [0, 0.05) is 43.5 Å². The molecule has 0 aliphatic carbocycles. The molecule has 11 N–H and O–H groups in total. The predicted molar refractivity (Wildman–Crippen MR) is 189 cm³/mol. The average molecular weight is 880 g/mol. The van der Waals surface area contributed by atoms with Crippen molar-refractivity contribution in [3.8, 4) is 12.3 Å². The van der Waals surface area contributed by atoms with Gasteiger partial charge >= 0.3 is 29.4 Å². The molecule has 0 radical (unpaired) electrons. The van der Waals surface area contributed by atoms with Gasteiger partial charge in [-0.25, -0.2) is 33.4 Å². The first kappa shape index (κ1) is 48.7. The molecule has 1 aliphatic heterocycles. The average Bonchev–Trinajstić information content (AvgIpc) is 3.64. The van der Waals surface area contributed by atoms with Gasteiger partial charge in [0.25, 0.3) is 0 Å². The number of nitrogens with zero attached hydrogens (tertiary/aromatic N) is 4. The molecule has 0 aromatic carbocycles. The fraction of sp³-hybridized carbons (Fsp3) is 0.577. The van der Waals surface area contributed by atoms with E-state index in [-0.39, 0.29) is 41.6 Å². The third-order valence-corrected chi connectivity index (χ3v) is 10.8. The van der Waals surface area contributed by atoms with Crippen LogP contribution in [0.15, 0.2) is 12.7 Å². The molecule has 3 rings (SSSR count). The van der Waals surface area contributed by atoms with Gasteiger partial charge in [-0.1, -0.05) is 25.6 Å². The number of carboxylic acids is 1. The van der Waals surface area contributed by atoms with Crippen molar-refractivity contribution in [2.45, 2.75) is 57.8 Å². The number of imidazole rings is 1. The Bertz CT molecular complexity index is 1910. The van der Waals surface area contributed by atoms with E-state index in [0.29, 0.717) is 5.75 Å². The number of hydrogen-bond acceptors (Lipinski definition) is 19. The smallest absolute Gasteiger partial charge is 0.472 e. The van der Waals surface area contributed by atoms with Crippen LogP contribution < -0.4 is 16.4 Å². The number of phosphoric ester groups is 3. The minimum absolute atomic E-state index is 0.0310. The number of hydrogen-bond donors (Lipinski definition) is 10. The fourth-order valence-corrected chi connectivity index (χ4v) is 7.65. The normalized spacial score (nSPS) is 21.1. The highest BCUT2D eigenvalue weighted by Gasteiger charge is 2.50. The number of nitrogens with one attached hydrogen (secondary N) is 2. The number of thioether (sulfide) groups is 1. The number of nitrogen functional groups attached to an aromatic ring is 1. The van der Waals surface area contributed by atoms with Crippen LogP contribution in [-0.4, -0.2) is 134 Å². The molecule has 314 valence electrons. The molecule has 2 amide bonds. The largest absolute Gasteiger partial charge is 0.481 e. The number of anilines is 1. The summed E-state index contributed by atoms with van der Waals surface area (Å²) in [6, 6.07) is 0.